The molecule has 0 radical (unpaired) electrons. The minimum atomic E-state index is 0.0595. The van der Waals surface area contributed by atoms with Crippen LogP contribution in [0.1, 0.15) is 18.5 Å². The molecule has 6 heteroatoms. The van der Waals surface area contributed by atoms with Crippen molar-refractivity contribution in [3.8, 4) is 11.8 Å². The summed E-state index contributed by atoms with van der Waals surface area (Å²) in [4.78, 5) is 8.50. The van der Waals surface area contributed by atoms with Gasteiger partial charge in [-0.15, -0.1) is 0 Å². The van der Waals surface area contributed by atoms with Gasteiger partial charge in [0.05, 0.1) is 26.3 Å². The molecule has 0 amide bonds. The van der Waals surface area contributed by atoms with Gasteiger partial charge in [0.2, 0.25) is 17.7 Å². The number of rotatable bonds is 5. The SMILES string of the molecule is COc1cc(OC)nc(NC(C)c2cccc(Br)c2)n1. The van der Waals surface area contributed by atoms with E-state index in [0.29, 0.717) is 17.7 Å². The number of nitrogens with one attached hydrogen (secondary N) is 1. The van der Waals surface area contributed by atoms with E-state index in [9.17, 15) is 0 Å². The van der Waals surface area contributed by atoms with Gasteiger partial charge in [-0.3, -0.25) is 0 Å². The second-order valence-corrected chi connectivity index (χ2v) is 5.11. The molecule has 2 aromatic rings. The molecule has 0 spiro atoms. The first kappa shape index (κ1) is 14.6. The summed E-state index contributed by atoms with van der Waals surface area (Å²) in [5.41, 5.74) is 1.13. The Labute approximate surface area is 126 Å². The van der Waals surface area contributed by atoms with E-state index in [-0.39, 0.29) is 6.04 Å². The van der Waals surface area contributed by atoms with Crippen molar-refractivity contribution in [1.82, 2.24) is 9.97 Å². The van der Waals surface area contributed by atoms with E-state index in [1.807, 2.05) is 25.1 Å². The van der Waals surface area contributed by atoms with Crippen LogP contribution in [0.25, 0.3) is 0 Å². The van der Waals surface area contributed by atoms with E-state index in [1.165, 1.54) is 0 Å². The molecule has 1 heterocycles. The van der Waals surface area contributed by atoms with E-state index in [2.05, 4.69) is 37.3 Å². The summed E-state index contributed by atoms with van der Waals surface area (Å²) in [7, 11) is 3.12. The Bertz CT molecular complexity index is 570. The van der Waals surface area contributed by atoms with Gasteiger partial charge in [0, 0.05) is 4.47 Å². The molecular formula is C14H16BrN3O2. The Hall–Kier alpha value is -1.82. The van der Waals surface area contributed by atoms with Gasteiger partial charge in [0.25, 0.3) is 0 Å². The number of aromatic nitrogens is 2. The fraction of sp³-hybridized carbons (Fsp3) is 0.286. The molecule has 0 aliphatic heterocycles. The molecule has 0 fully saturated rings. The molecule has 0 aliphatic rings. The van der Waals surface area contributed by atoms with Crippen LogP contribution in [-0.2, 0) is 0 Å². The maximum absolute atomic E-state index is 5.13. The highest BCUT2D eigenvalue weighted by atomic mass is 79.9. The summed E-state index contributed by atoms with van der Waals surface area (Å²) in [6.45, 7) is 2.04. The lowest BCUT2D eigenvalue weighted by Gasteiger charge is -2.15. The standard InChI is InChI=1S/C14H16BrN3O2/c1-9(10-5-4-6-11(15)7-10)16-14-17-12(19-2)8-13(18-14)20-3/h4-9H,1-3H3,(H,16,17,18). The van der Waals surface area contributed by atoms with Gasteiger partial charge >= 0.3 is 0 Å². The fourth-order valence-electron chi connectivity index (χ4n) is 1.73. The third-order valence-corrected chi connectivity index (χ3v) is 3.28. The number of ether oxygens (including phenoxy) is 2. The van der Waals surface area contributed by atoms with E-state index in [4.69, 9.17) is 9.47 Å². The van der Waals surface area contributed by atoms with Gasteiger partial charge in [0.1, 0.15) is 0 Å². The monoisotopic (exact) mass is 337 g/mol. The number of halogens is 1. The lowest BCUT2D eigenvalue weighted by atomic mass is 10.1. The van der Waals surface area contributed by atoms with Crippen molar-refractivity contribution in [2.24, 2.45) is 0 Å². The van der Waals surface area contributed by atoms with Crippen molar-refractivity contribution in [2.45, 2.75) is 13.0 Å². The van der Waals surface area contributed by atoms with Crippen molar-refractivity contribution in [3.63, 3.8) is 0 Å². The predicted molar refractivity (Wildman–Crippen MR) is 81.3 cm³/mol. The van der Waals surface area contributed by atoms with E-state index >= 15 is 0 Å². The number of benzene rings is 1. The molecule has 106 valence electrons. The van der Waals surface area contributed by atoms with Gasteiger partial charge < -0.3 is 14.8 Å². The van der Waals surface area contributed by atoms with Crippen molar-refractivity contribution in [2.75, 3.05) is 19.5 Å². The Kier molecular flexibility index (Phi) is 4.79. The van der Waals surface area contributed by atoms with Crippen LogP contribution in [0.5, 0.6) is 11.8 Å². The number of hydrogen-bond donors (Lipinski definition) is 1. The molecule has 1 N–H and O–H groups in total. The van der Waals surface area contributed by atoms with Crippen molar-refractivity contribution in [1.29, 1.82) is 0 Å². The average molecular weight is 338 g/mol. The minimum absolute atomic E-state index is 0.0595. The Morgan fingerprint density at radius 2 is 1.75 bits per heavy atom. The topological polar surface area (TPSA) is 56.3 Å². The summed E-state index contributed by atoms with van der Waals surface area (Å²) < 4.78 is 11.3. The average Bonchev–Trinajstić information content (AvgIpc) is 2.46. The predicted octanol–water partition coefficient (Wildman–Crippen LogP) is 3.43. The highest BCUT2D eigenvalue weighted by Crippen LogP contribution is 2.23. The zero-order valence-corrected chi connectivity index (χ0v) is 13.1. The second kappa shape index (κ2) is 6.56. The normalized spacial score (nSPS) is 11.8. The van der Waals surface area contributed by atoms with Crippen LogP contribution in [0.4, 0.5) is 5.95 Å². The number of anilines is 1. The number of hydrogen-bond acceptors (Lipinski definition) is 5. The van der Waals surface area contributed by atoms with Crippen molar-refractivity contribution in [3.05, 3.63) is 40.4 Å². The molecule has 2 rings (SSSR count). The van der Waals surface area contributed by atoms with Crippen LogP contribution in [0.3, 0.4) is 0 Å². The van der Waals surface area contributed by atoms with Gasteiger partial charge in [-0.05, 0) is 24.6 Å². The molecule has 0 aliphatic carbocycles. The van der Waals surface area contributed by atoms with Crippen LogP contribution >= 0.6 is 15.9 Å². The largest absolute Gasteiger partial charge is 0.481 e. The molecule has 1 unspecified atom stereocenters. The smallest absolute Gasteiger partial charge is 0.229 e. The summed E-state index contributed by atoms with van der Waals surface area (Å²) in [5.74, 6) is 1.38. The van der Waals surface area contributed by atoms with Crippen LogP contribution < -0.4 is 14.8 Å². The lowest BCUT2D eigenvalue weighted by molar-refractivity contribution is 0.372. The molecule has 20 heavy (non-hydrogen) atoms. The first-order valence-electron chi connectivity index (χ1n) is 6.11. The van der Waals surface area contributed by atoms with Gasteiger partial charge in [-0.1, -0.05) is 28.1 Å². The number of methoxy groups -OCH3 is 2. The van der Waals surface area contributed by atoms with Crippen LogP contribution in [-0.4, -0.2) is 24.2 Å². The highest BCUT2D eigenvalue weighted by Gasteiger charge is 2.10. The zero-order valence-electron chi connectivity index (χ0n) is 11.6. The first-order chi connectivity index (χ1) is 9.62. The van der Waals surface area contributed by atoms with Gasteiger partial charge in [0.15, 0.2) is 0 Å². The molecule has 0 saturated heterocycles. The van der Waals surface area contributed by atoms with Crippen LogP contribution in [0.15, 0.2) is 34.8 Å². The maximum atomic E-state index is 5.13. The molecule has 0 bridgehead atoms. The third-order valence-electron chi connectivity index (χ3n) is 2.79. The Balaban J connectivity index is 2.20. The molecule has 1 atom stereocenters. The van der Waals surface area contributed by atoms with Crippen LogP contribution in [0, 0.1) is 0 Å². The third kappa shape index (κ3) is 3.60. The Morgan fingerprint density at radius 1 is 1.10 bits per heavy atom. The zero-order chi connectivity index (χ0) is 14.5. The second-order valence-electron chi connectivity index (χ2n) is 4.20. The summed E-state index contributed by atoms with van der Waals surface area (Å²) in [6.07, 6.45) is 0. The minimum Gasteiger partial charge on any atom is -0.481 e. The highest BCUT2D eigenvalue weighted by molar-refractivity contribution is 9.10. The molecule has 1 aromatic carbocycles. The Morgan fingerprint density at radius 3 is 2.30 bits per heavy atom. The lowest BCUT2D eigenvalue weighted by Crippen LogP contribution is -2.10. The molecule has 5 nitrogen and oxygen atoms in total. The van der Waals surface area contributed by atoms with Crippen LogP contribution in [0.2, 0.25) is 0 Å². The summed E-state index contributed by atoms with van der Waals surface area (Å²) in [6, 6.07) is 9.76. The molecule has 1 aromatic heterocycles. The van der Waals surface area contributed by atoms with Gasteiger partial charge in [-0.25, -0.2) is 0 Å². The molecular weight excluding hydrogens is 322 g/mol. The molecule has 0 saturated carbocycles. The van der Waals surface area contributed by atoms with E-state index in [1.54, 1.807) is 20.3 Å². The van der Waals surface area contributed by atoms with Gasteiger partial charge in [-0.2, -0.15) is 9.97 Å². The fourth-order valence-corrected chi connectivity index (χ4v) is 2.15. The van der Waals surface area contributed by atoms with E-state index in [0.717, 1.165) is 10.0 Å². The van der Waals surface area contributed by atoms with E-state index < -0.39 is 0 Å². The first-order valence-corrected chi connectivity index (χ1v) is 6.90. The summed E-state index contributed by atoms with van der Waals surface area (Å²) in [5, 5.41) is 3.23. The number of nitrogens with zero attached hydrogens (tertiary/aromatic N) is 2. The quantitative estimate of drug-likeness (QED) is 0.905. The van der Waals surface area contributed by atoms with Crippen molar-refractivity contribution < 1.29 is 9.47 Å². The maximum Gasteiger partial charge on any atom is 0.229 e. The summed E-state index contributed by atoms with van der Waals surface area (Å²) >= 11 is 3.46. The van der Waals surface area contributed by atoms with Crippen molar-refractivity contribution >= 4 is 21.9 Å².